The number of nitrogens with one attached hydrogen (secondary N) is 1. The molecule has 5 fully saturated rings. The van der Waals surface area contributed by atoms with Crippen molar-refractivity contribution in [2.24, 2.45) is 0 Å². The van der Waals surface area contributed by atoms with Crippen LogP contribution in [0.3, 0.4) is 0 Å². The van der Waals surface area contributed by atoms with Crippen molar-refractivity contribution in [3.63, 3.8) is 0 Å². The van der Waals surface area contributed by atoms with Gasteiger partial charge in [0.15, 0.2) is 0 Å². The molecule has 2 amide bonds. The molecule has 2 aromatic carbocycles. The van der Waals surface area contributed by atoms with Gasteiger partial charge in [0.1, 0.15) is 24.7 Å². The summed E-state index contributed by atoms with van der Waals surface area (Å²) in [6, 6.07) is 20.6. The van der Waals surface area contributed by atoms with Crippen molar-refractivity contribution in [2.45, 2.75) is 63.7 Å². The third-order valence-electron chi connectivity index (χ3n) is 9.86. The van der Waals surface area contributed by atoms with Crippen LogP contribution in [0.4, 0.5) is 4.79 Å². The second kappa shape index (κ2) is 13.6. The molecular formula is C35H45ClN6O4. The van der Waals surface area contributed by atoms with Crippen molar-refractivity contribution in [2.75, 3.05) is 53.0 Å². The van der Waals surface area contributed by atoms with Crippen LogP contribution in [0, 0.1) is 0 Å². The van der Waals surface area contributed by atoms with Crippen molar-refractivity contribution < 1.29 is 19.0 Å². The van der Waals surface area contributed by atoms with Gasteiger partial charge in [0, 0.05) is 50.8 Å². The summed E-state index contributed by atoms with van der Waals surface area (Å²) >= 11 is 6.79. The minimum atomic E-state index is -0.135. The number of rotatable bonds is 9. The van der Waals surface area contributed by atoms with Crippen LogP contribution in [0.2, 0.25) is 0 Å². The Labute approximate surface area is 277 Å². The highest BCUT2D eigenvalue weighted by atomic mass is 35.5. The van der Waals surface area contributed by atoms with Crippen molar-refractivity contribution in [1.82, 2.24) is 30.0 Å². The summed E-state index contributed by atoms with van der Waals surface area (Å²) in [7, 11) is 1.87. The highest BCUT2D eigenvalue weighted by molar-refractivity contribution is 6.29. The van der Waals surface area contributed by atoms with E-state index in [1.54, 1.807) is 5.01 Å². The fraction of sp³-hybridized carbons (Fsp3) is 0.514. The molecule has 2 aromatic rings. The number of hydrogen-bond acceptors (Lipinski definition) is 8. The average Bonchev–Trinajstić information content (AvgIpc) is 4.01. The predicted octanol–water partition coefficient (Wildman–Crippen LogP) is 3.81. The molecular weight excluding hydrogens is 604 g/mol. The van der Waals surface area contributed by atoms with Crippen molar-refractivity contribution in [3.05, 3.63) is 94.2 Å². The fourth-order valence-electron chi connectivity index (χ4n) is 7.44. The molecule has 5 aliphatic heterocycles. The number of halogens is 1. The van der Waals surface area contributed by atoms with Crippen LogP contribution in [0.1, 0.15) is 25.0 Å². The number of allylic oxidation sites excluding steroid dienone is 2. The number of hydrazine groups is 1. The number of hydrogen-bond donors (Lipinski definition) is 1. The summed E-state index contributed by atoms with van der Waals surface area (Å²) in [5, 5.41) is 7.86. The van der Waals surface area contributed by atoms with E-state index < -0.39 is 0 Å². The van der Waals surface area contributed by atoms with E-state index in [-0.39, 0.29) is 42.9 Å². The Morgan fingerprint density at radius 2 is 1.70 bits per heavy atom. The van der Waals surface area contributed by atoms with Crippen molar-refractivity contribution >= 4 is 17.6 Å². The Hall–Kier alpha value is -2.96. The molecule has 0 radical (unpaired) electrons. The van der Waals surface area contributed by atoms with Gasteiger partial charge in [0.2, 0.25) is 0 Å². The second-order valence-corrected chi connectivity index (χ2v) is 13.3. The molecule has 11 heteroatoms. The lowest BCUT2D eigenvalue weighted by atomic mass is 10.00. The van der Waals surface area contributed by atoms with Gasteiger partial charge in [-0.1, -0.05) is 78.3 Å². The molecule has 5 heterocycles. The van der Waals surface area contributed by atoms with Crippen LogP contribution in [-0.2, 0) is 27.2 Å². The zero-order valence-electron chi connectivity index (χ0n) is 26.9. The highest BCUT2D eigenvalue weighted by Gasteiger charge is 2.64. The molecule has 0 bridgehead atoms. The van der Waals surface area contributed by atoms with E-state index in [9.17, 15) is 4.79 Å². The largest absolute Gasteiger partial charge is 0.378 e. The standard InChI is InChI=1S/C35H45ClN6O4/c1-4-27(31(24(2)36)39-15-17-44-18-16-39)21-40-23-30-41(38(3)35(43)37-20-26-13-9-6-10-14-26)22-29-33(45-29)42(30)28(32-34(40)46-32)19-25-11-7-5-8-12-25/h4-14,28-30,32-34H,15-23H2,1-3H3,(H,37,43)/b27-4-,31-24-/t28-,29?,30+,32?,33?,34?/m0/s1. The zero-order valence-corrected chi connectivity index (χ0v) is 27.7. The topological polar surface area (TPSA) is 79.6 Å². The van der Waals surface area contributed by atoms with Crippen LogP contribution in [-0.4, -0.2) is 121 Å². The number of benzene rings is 2. The zero-order chi connectivity index (χ0) is 31.8. The van der Waals surface area contributed by atoms with Crippen molar-refractivity contribution in [1.29, 1.82) is 0 Å². The summed E-state index contributed by atoms with van der Waals surface area (Å²) in [5.74, 6) is 0. The van der Waals surface area contributed by atoms with E-state index in [0.29, 0.717) is 39.4 Å². The third-order valence-corrected chi connectivity index (χ3v) is 10.0. The summed E-state index contributed by atoms with van der Waals surface area (Å²) in [4.78, 5) is 20.9. The molecule has 6 atom stereocenters. The smallest absolute Gasteiger partial charge is 0.331 e. The van der Waals surface area contributed by atoms with Gasteiger partial charge in [-0.2, -0.15) is 5.01 Å². The molecule has 5 aliphatic rings. The Kier molecular flexibility index (Phi) is 9.38. The van der Waals surface area contributed by atoms with E-state index in [2.05, 4.69) is 68.4 Å². The first-order valence-corrected chi connectivity index (χ1v) is 16.8. The molecule has 0 aliphatic carbocycles. The quantitative estimate of drug-likeness (QED) is 0.325. The number of ether oxygens (including phenoxy) is 3. The number of carbonyl (C=O) groups excluding carboxylic acids is 1. The SMILES string of the molecule is C/C=C(CN1C[C@H]2N(C3OC3CN2N(C)C(=O)NCc2ccccc2)[C@@H](Cc2ccccc2)C2OC21)\C(=C(/C)Cl)N1CCOCC1. The molecule has 5 saturated heterocycles. The fourth-order valence-corrected chi connectivity index (χ4v) is 7.68. The number of fused-ring (bicyclic) bond motifs is 4. The van der Waals surface area contributed by atoms with Crippen LogP contribution < -0.4 is 5.32 Å². The lowest BCUT2D eigenvalue weighted by Gasteiger charge is -2.48. The van der Waals surface area contributed by atoms with Crippen molar-refractivity contribution in [3.8, 4) is 0 Å². The number of morpholine rings is 1. The Balaban J connectivity index is 1.17. The van der Waals surface area contributed by atoms with Gasteiger partial charge in [0.05, 0.1) is 31.6 Å². The summed E-state index contributed by atoms with van der Waals surface area (Å²) in [6.45, 7) is 9.55. The molecule has 46 heavy (non-hydrogen) atoms. The van der Waals surface area contributed by atoms with E-state index in [0.717, 1.165) is 35.8 Å². The third kappa shape index (κ3) is 6.57. The summed E-state index contributed by atoms with van der Waals surface area (Å²) < 4.78 is 18.5. The Morgan fingerprint density at radius 1 is 1.00 bits per heavy atom. The van der Waals surface area contributed by atoms with E-state index >= 15 is 0 Å². The first kappa shape index (κ1) is 31.6. The minimum Gasteiger partial charge on any atom is -0.378 e. The maximum Gasteiger partial charge on any atom is 0.331 e. The predicted molar refractivity (Wildman–Crippen MR) is 176 cm³/mol. The first-order chi connectivity index (χ1) is 22.4. The number of carbonyl (C=O) groups is 1. The maximum absolute atomic E-state index is 13.6. The number of nitrogens with zero attached hydrogens (tertiary/aromatic N) is 5. The highest BCUT2D eigenvalue weighted by Crippen LogP contribution is 2.46. The molecule has 4 unspecified atom stereocenters. The molecule has 10 nitrogen and oxygen atoms in total. The van der Waals surface area contributed by atoms with E-state index in [1.165, 1.54) is 11.1 Å². The van der Waals surface area contributed by atoms with Crippen LogP contribution >= 0.6 is 11.6 Å². The monoisotopic (exact) mass is 648 g/mol. The second-order valence-electron chi connectivity index (χ2n) is 12.8. The van der Waals surface area contributed by atoms with Gasteiger partial charge in [0.25, 0.3) is 0 Å². The van der Waals surface area contributed by atoms with Gasteiger partial charge < -0.3 is 24.4 Å². The minimum absolute atomic E-state index is 0.00984. The van der Waals surface area contributed by atoms with Gasteiger partial charge in [-0.25, -0.2) is 4.79 Å². The molecule has 0 aromatic heterocycles. The molecule has 7 rings (SSSR count). The number of urea groups is 1. The summed E-state index contributed by atoms with van der Waals surface area (Å²) in [6.07, 6.45) is 2.98. The Bertz CT molecular complexity index is 1430. The lowest BCUT2D eigenvalue weighted by molar-refractivity contribution is -0.123. The Morgan fingerprint density at radius 3 is 2.37 bits per heavy atom. The maximum atomic E-state index is 13.6. The van der Waals surface area contributed by atoms with Crippen LogP contribution in [0.5, 0.6) is 0 Å². The molecule has 1 N–H and O–H groups in total. The lowest BCUT2D eigenvalue weighted by Crippen LogP contribution is -2.67. The number of amides is 2. The van der Waals surface area contributed by atoms with E-state index in [4.69, 9.17) is 25.8 Å². The van der Waals surface area contributed by atoms with Gasteiger partial charge in [-0.05, 0) is 37.0 Å². The van der Waals surface area contributed by atoms with Crippen LogP contribution in [0.25, 0.3) is 0 Å². The van der Waals surface area contributed by atoms with Gasteiger partial charge >= 0.3 is 6.03 Å². The molecule has 246 valence electrons. The first-order valence-electron chi connectivity index (χ1n) is 16.5. The normalized spacial score (nSPS) is 30.3. The average molecular weight is 649 g/mol. The van der Waals surface area contributed by atoms with E-state index in [1.807, 2.05) is 44.3 Å². The molecule has 0 saturated carbocycles. The summed E-state index contributed by atoms with van der Waals surface area (Å²) in [5.41, 5.74) is 4.58. The van der Waals surface area contributed by atoms with Gasteiger partial charge in [-0.15, -0.1) is 0 Å². The molecule has 0 spiro atoms. The van der Waals surface area contributed by atoms with Crippen LogP contribution in [0.15, 0.2) is 83.0 Å². The van der Waals surface area contributed by atoms with Gasteiger partial charge in [-0.3, -0.25) is 14.8 Å². The number of epoxide rings is 2.